The summed E-state index contributed by atoms with van der Waals surface area (Å²) in [5.74, 6) is 1.60. The van der Waals surface area contributed by atoms with E-state index in [0.29, 0.717) is 5.92 Å². The van der Waals surface area contributed by atoms with Crippen molar-refractivity contribution in [3.63, 3.8) is 0 Å². The molecule has 0 saturated carbocycles. The standard InChI is InChI=1S/C17H33N5/c1-7-15(8-2)12-20-17(18-9-3)19-11-10-16-13(4)21-22(6)14(16)5/h15H,7-12H2,1-6H3,(H2,18,19,20). The number of rotatable bonds is 8. The van der Waals surface area contributed by atoms with Gasteiger partial charge in [0.05, 0.1) is 5.69 Å². The van der Waals surface area contributed by atoms with Gasteiger partial charge in [-0.05, 0) is 38.7 Å². The maximum absolute atomic E-state index is 4.71. The Labute approximate surface area is 135 Å². The molecule has 2 N–H and O–H groups in total. The Balaban J connectivity index is 2.55. The first-order valence-electron chi connectivity index (χ1n) is 8.54. The predicted octanol–water partition coefficient (Wildman–Crippen LogP) is 2.57. The molecule has 126 valence electrons. The fourth-order valence-electron chi connectivity index (χ4n) is 2.59. The van der Waals surface area contributed by atoms with Crippen molar-refractivity contribution in [2.24, 2.45) is 18.0 Å². The molecule has 1 aromatic heterocycles. The molecule has 0 unspecified atom stereocenters. The first kappa shape index (κ1) is 18.5. The van der Waals surface area contributed by atoms with Crippen molar-refractivity contribution in [3.8, 4) is 0 Å². The summed E-state index contributed by atoms with van der Waals surface area (Å²) in [6.07, 6.45) is 3.35. The molecule has 0 fully saturated rings. The molecule has 1 heterocycles. The first-order valence-corrected chi connectivity index (χ1v) is 8.54. The largest absolute Gasteiger partial charge is 0.357 e. The SMILES string of the molecule is CCNC(=NCC(CC)CC)NCCc1c(C)nn(C)c1C. The lowest BCUT2D eigenvalue weighted by Gasteiger charge is -2.14. The van der Waals surface area contributed by atoms with E-state index < -0.39 is 0 Å². The summed E-state index contributed by atoms with van der Waals surface area (Å²) in [7, 11) is 2.00. The van der Waals surface area contributed by atoms with Crippen LogP contribution >= 0.6 is 0 Å². The molecular formula is C17H33N5. The average molecular weight is 307 g/mol. The number of guanidine groups is 1. The highest BCUT2D eigenvalue weighted by Gasteiger charge is 2.09. The molecule has 5 heteroatoms. The molecule has 0 radical (unpaired) electrons. The smallest absolute Gasteiger partial charge is 0.191 e. The molecule has 0 aliphatic heterocycles. The second-order valence-electron chi connectivity index (χ2n) is 5.85. The summed E-state index contributed by atoms with van der Waals surface area (Å²) >= 11 is 0. The van der Waals surface area contributed by atoms with Gasteiger partial charge in [0.2, 0.25) is 0 Å². The molecule has 0 atom stereocenters. The third-order valence-corrected chi connectivity index (χ3v) is 4.33. The number of aromatic nitrogens is 2. The van der Waals surface area contributed by atoms with Crippen molar-refractivity contribution in [1.29, 1.82) is 0 Å². The third kappa shape index (κ3) is 5.35. The van der Waals surface area contributed by atoms with Crippen LogP contribution in [-0.2, 0) is 13.5 Å². The van der Waals surface area contributed by atoms with Crippen LogP contribution in [0.5, 0.6) is 0 Å². The van der Waals surface area contributed by atoms with E-state index in [1.807, 2.05) is 11.7 Å². The van der Waals surface area contributed by atoms with Crippen molar-refractivity contribution < 1.29 is 0 Å². The van der Waals surface area contributed by atoms with Gasteiger partial charge in [0.25, 0.3) is 0 Å². The lowest BCUT2D eigenvalue weighted by atomic mass is 10.0. The number of aliphatic imine (C=N–C) groups is 1. The molecule has 0 bridgehead atoms. The Bertz CT molecular complexity index is 472. The van der Waals surface area contributed by atoms with Crippen molar-refractivity contribution >= 4 is 5.96 Å². The summed E-state index contributed by atoms with van der Waals surface area (Å²) in [6.45, 7) is 13.4. The molecule has 0 amide bonds. The van der Waals surface area contributed by atoms with Gasteiger partial charge in [-0.25, -0.2) is 0 Å². The zero-order chi connectivity index (χ0) is 16.5. The second-order valence-corrected chi connectivity index (χ2v) is 5.85. The minimum absolute atomic E-state index is 0.679. The van der Waals surface area contributed by atoms with Crippen LogP contribution in [0.15, 0.2) is 4.99 Å². The summed E-state index contributed by atoms with van der Waals surface area (Å²) in [5.41, 5.74) is 3.71. The number of hydrogen-bond donors (Lipinski definition) is 2. The fourth-order valence-corrected chi connectivity index (χ4v) is 2.59. The molecule has 0 aromatic carbocycles. The second kappa shape index (κ2) is 9.49. The van der Waals surface area contributed by atoms with E-state index in [1.165, 1.54) is 24.1 Å². The van der Waals surface area contributed by atoms with Gasteiger partial charge in [-0.2, -0.15) is 5.10 Å². The Morgan fingerprint density at radius 1 is 1.18 bits per heavy atom. The lowest BCUT2D eigenvalue weighted by Crippen LogP contribution is -2.38. The van der Waals surface area contributed by atoms with E-state index in [4.69, 9.17) is 4.99 Å². The average Bonchev–Trinajstić information content (AvgIpc) is 2.74. The van der Waals surface area contributed by atoms with Gasteiger partial charge in [0, 0.05) is 32.4 Å². The number of nitrogens with one attached hydrogen (secondary N) is 2. The minimum Gasteiger partial charge on any atom is -0.357 e. The van der Waals surface area contributed by atoms with Crippen molar-refractivity contribution in [3.05, 3.63) is 17.0 Å². The van der Waals surface area contributed by atoms with Crippen LogP contribution in [0.3, 0.4) is 0 Å². The third-order valence-electron chi connectivity index (χ3n) is 4.33. The Morgan fingerprint density at radius 2 is 1.86 bits per heavy atom. The Hall–Kier alpha value is -1.52. The quantitative estimate of drug-likeness (QED) is 0.573. The lowest BCUT2D eigenvalue weighted by molar-refractivity contribution is 0.504. The zero-order valence-corrected chi connectivity index (χ0v) is 15.2. The first-order chi connectivity index (χ1) is 10.5. The predicted molar refractivity (Wildman–Crippen MR) is 94.4 cm³/mol. The maximum Gasteiger partial charge on any atom is 0.191 e. The van der Waals surface area contributed by atoms with E-state index in [0.717, 1.165) is 37.7 Å². The molecule has 0 aliphatic carbocycles. The number of nitrogens with zero attached hydrogens (tertiary/aromatic N) is 3. The molecule has 0 spiro atoms. The van der Waals surface area contributed by atoms with Gasteiger partial charge >= 0.3 is 0 Å². The number of hydrogen-bond acceptors (Lipinski definition) is 2. The molecular weight excluding hydrogens is 274 g/mol. The van der Waals surface area contributed by atoms with E-state index in [2.05, 4.69) is 50.4 Å². The van der Waals surface area contributed by atoms with Gasteiger partial charge in [0.15, 0.2) is 5.96 Å². The summed E-state index contributed by atoms with van der Waals surface area (Å²) in [4.78, 5) is 4.71. The van der Waals surface area contributed by atoms with E-state index in [-0.39, 0.29) is 0 Å². The maximum atomic E-state index is 4.71. The highest BCUT2D eigenvalue weighted by Crippen LogP contribution is 2.12. The van der Waals surface area contributed by atoms with Gasteiger partial charge in [-0.3, -0.25) is 9.67 Å². The molecule has 5 nitrogen and oxygen atoms in total. The van der Waals surface area contributed by atoms with Crippen LogP contribution in [0, 0.1) is 19.8 Å². The molecule has 0 aliphatic rings. The fraction of sp³-hybridized carbons (Fsp3) is 0.765. The van der Waals surface area contributed by atoms with Crippen molar-refractivity contribution in [2.45, 2.75) is 53.9 Å². The highest BCUT2D eigenvalue weighted by molar-refractivity contribution is 5.79. The van der Waals surface area contributed by atoms with Crippen LogP contribution < -0.4 is 10.6 Å². The number of aryl methyl sites for hydroxylation is 2. The van der Waals surface area contributed by atoms with E-state index in [1.54, 1.807) is 0 Å². The minimum atomic E-state index is 0.679. The monoisotopic (exact) mass is 307 g/mol. The van der Waals surface area contributed by atoms with Crippen LogP contribution in [0.4, 0.5) is 0 Å². The van der Waals surface area contributed by atoms with Crippen LogP contribution in [0.25, 0.3) is 0 Å². The summed E-state index contributed by atoms with van der Waals surface area (Å²) in [6, 6.07) is 0. The topological polar surface area (TPSA) is 54.2 Å². The zero-order valence-electron chi connectivity index (χ0n) is 15.2. The van der Waals surface area contributed by atoms with Crippen LogP contribution in [-0.4, -0.2) is 35.4 Å². The normalized spacial score (nSPS) is 12.0. The summed E-state index contributed by atoms with van der Waals surface area (Å²) < 4.78 is 1.96. The van der Waals surface area contributed by atoms with Crippen LogP contribution in [0.2, 0.25) is 0 Å². The molecule has 1 aromatic rings. The van der Waals surface area contributed by atoms with Gasteiger partial charge < -0.3 is 10.6 Å². The Morgan fingerprint density at radius 3 is 2.36 bits per heavy atom. The summed E-state index contributed by atoms with van der Waals surface area (Å²) in [5, 5.41) is 11.2. The Kier molecular flexibility index (Phi) is 7.99. The van der Waals surface area contributed by atoms with Gasteiger partial charge in [-0.15, -0.1) is 0 Å². The van der Waals surface area contributed by atoms with E-state index in [9.17, 15) is 0 Å². The van der Waals surface area contributed by atoms with Crippen molar-refractivity contribution in [2.75, 3.05) is 19.6 Å². The molecule has 1 rings (SSSR count). The van der Waals surface area contributed by atoms with E-state index >= 15 is 0 Å². The highest BCUT2D eigenvalue weighted by atomic mass is 15.3. The van der Waals surface area contributed by atoms with Crippen LogP contribution in [0.1, 0.15) is 50.6 Å². The molecule has 22 heavy (non-hydrogen) atoms. The van der Waals surface area contributed by atoms with Gasteiger partial charge in [-0.1, -0.05) is 26.7 Å². The molecule has 0 saturated heterocycles. The van der Waals surface area contributed by atoms with Gasteiger partial charge in [0.1, 0.15) is 0 Å². The van der Waals surface area contributed by atoms with Crippen molar-refractivity contribution in [1.82, 2.24) is 20.4 Å².